The normalized spacial score (nSPS) is 17.1. The zero-order valence-electron chi connectivity index (χ0n) is 10.4. The Balaban J connectivity index is 2.22. The zero-order valence-corrected chi connectivity index (χ0v) is 12.6. The molecule has 1 N–H and O–H groups in total. The molecule has 0 radical (unpaired) electrons. The van der Waals surface area contributed by atoms with Crippen molar-refractivity contribution in [3.05, 3.63) is 15.6 Å². The van der Waals surface area contributed by atoms with E-state index in [0.717, 1.165) is 28.3 Å². The minimum atomic E-state index is -0.0274. The van der Waals surface area contributed by atoms with Crippen molar-refractivity contribution in [1.82, 2.24) is 9.97 Å². The first-order chi connectivity index (χ1) is 7.91. The molecule has 0 unspecified atom stereocenters. The topological polar surface area (TPSA) is 49.2 Å². The Morgan fingerprint density at radius 1 is 1.47 bits per heavy atom. The van der Waals surface area contributed by atoms with Crippen molar-refractivity contribution in [2.45, 2.75) is 26.2 Å². The van der Waals surface area contributed by atoms with Crippen molar-refractivity contribution in [2.24, 2.45) is 5.92 Å². The van der Waals surface area contributed by atoms with Crippen LogP contribution in [0.25, 0.3) is 0 Å². The van der Waals surface area contributed by atoms with Crippen LogP contribution < -0.4 is 4.90 Å². The molecule has 1 aliphatic heterocycles. The molecule has 1 fully saturated rings. The summed E-state index contributed by atoms with van der Waals surface area (Å²) in [5.74, 6) is 2.29. The van der Waals surface area contributed by atoms with Crippen LogP contribution in [-0.2, 0) is 5.41 Å². The van der Waals surface area contributed by atoms with E-state index in [1.807, 2.05) is 6.20 Å². The molecule has 17 heavy (non-hydrogen) atoms. The maximum Gasteiger partial charge on any atom is 0.145 e. The van der Waals surface area contributed by atoms with E-state index in [4.69, 9.17) is 5.11 Å². The minimum absolute atomic E-state index is 0.0274. The molecule has 1 saturated heterocycles. The number of rotatable bonds is 2. The predicted octanol–water partition coefficient (Wildman–Crippen LogP) is 1.81. The molecular weight excluding hydrogens is 329 g/mol. The maximum absolute atomic E-state index is 9.04. The van der Waals surface area contributed by atoms with Gasteiger partial charge in [0.2, 0.25) is 0 Å². The lowest BCUT2D eigenvalue weighted by atomic mass is 9.95. The lowest BCUT2D eigenvalue weighted by molar-refractivity contribution is 0.200. The van der Waals surface area contributed by atoms with Gasteiger partial charge in [-0.25, -0.2) is 9.97 Å². The van der Waals surface area contributed by atoms with Gasteiger partial charge in [-0.1, -0.05) is 20.8 Å². The number of anilines is 1. The average molecular weight is 347 g/mol. The summed E-state index contributed by atoms with van der Waals surface area (Å²) >= 11 is 2.27. The van der Waals surface area contributed by atoms with Crippen LogP contribution >= 0.6 is 22.6 Å². The predicted molar refractivity (Wildman–Crippen MR) is 76.2 cm³/mol. The molecule has 1 aromatic heterocycles. The van der Waals surface area contributed by atoms with E-state index in [-0.39, 0.29) is 12.0 Å². The summed E-state index contributed by atoms with van der Waals surface area (Å²) in [7, 11) is 0. The van der Waals surface area contributed by atoms with Crippen LogP contribution in [0.1, 0.15) is 26.6 Å². The lowest BCUT2D eigenvalue weighted by Crippen LogP contribution is -2.49. The van der Waals surface area contributed by atoms with Gasteiger partial charge in [0.25, 0.3) is 0 Å². The SMILES string of the molecule is CC(C)(C)c1ncc(I)c(N2CC(CO)C2)n1. The molecule has 0 amide bonds. The van der Waals surface area contributed by atoms with Crippen molar-refractivity contribution >= 4 is 28.4 Å². The fourth-order valence-corrected chi connectivity index (χ4v) is 2.40. The second-order valence-corrected chi connectivity index (χ2v) is 6.73. The molecule has 94 valence electrons. The summed E-state index contributed by atoms with van der Waals surface area (Å²) in [5.41, 5.74) is -0.0274. The Morgan fingerprint density at radius 3 is 2.65 bits per heavy atom. The van der Waals surface area contributed by atoms with Gasteiger partial charge in [0.05, 0.1) is 3.57 Å². The standard InChI is InChI=1S/C12H18IN3O/c1-12(2,3)11-14-4-9(13)10(15-11)16-5-8(6-16)7-17/h4,8,17H,5-7H2,1-3H3. The monoisotopic (exact) mass is 347 g/mol. The van der Waals surface area contributed by atoms with E-state index in [1.165, 1.54) is 0 Å². The third-order valence-corrected chi connectivity index (χ3v) is 3.67. The fourth-order valence-electron chi connectivity index (χ4n) is 1.80. The summed E-state index contributed by atoms with van der Waals surface area (Å²) in [5, 5.41) is 9.04. The average Bonchev–Trinajstić information content (AvgIpc) is 2.17. The van der Waals surface area contributed by atoms with E-state index < -0.39 is 0 Å². The quantitative estimate of drug-likeness (QED) is 0.829. The van der Waals surface area contributed by atoms with Crippen molar-refractivity contribution in [3.63, 3.8) is 0 Å². The first-order valence-corrected chi connectivity index (χ1v) is 6.88. The highest BCUT2D eigenvalue weighted by Gasteiger charge is 2.29. The Labute approximate surface area is 116 Å². The van der Waals surface area contributed by atoms with Gasteiger partial charge in [0, 0.05) is 37.2 Å². The van der Waals surface area contributed by atoms with Crippen LogP contribution in [0.15, 0.2) is 6.20 Å². The Hall–Kier alpha value is -0.430. The van der Waals surface area contributed by atoms with Crippen LogP contribution in [-0.4, -0.2) is 34.8 Å². The molecule has 2 rings (SSSR count). The molecule has 0 saturated carbocycles. The number of hydrogen-bond acceptors (Lipinski definition) is 4. The van der Waals surface area contributed by atoms with Crippen molar-refractivity contribution in [2.75, 3.05) is 24.6 Å². The second kappa shape index (κ2) is 4.68. The van der Waals surface area contributed by atoms with Crippen LogP contribution in [0.2, 0.25) is 0 Å². The number of aromatic nitrogens is 2. The van der Waals surface area contributed by atoms with Crippen molar-refractivity contribution < 1.29 is 5.11 Å². The van der Waals surface area contributed by atoms with Gasteiger partial charge in [-0.2, -0.15) is 0 Å². The van der Waals surface area contributed by atoms with E-state index in [1.54, 1.807) is 0 Å². The maximum atomic E-state index is 9.04. The van der Waals surface area contributed by atoms with E-state index in [9.17, 15) is 0 Å². The van der Waals surface area contributed by atoms with Crippen molar-refractivity contribution in [1.29, 1.82) is 0 Å². The molecule has 0 aromatic carbocycles. The highest BCUT2D eigenvalue weighted by Crippen LogP contribution is 2.29. The van der Waals surface area contributed by atoms with Gasteiger partial charge in [0.1, 0.15) is 11.6 Å². The highest BCUT2D eigenvalue weighted by atomic mass is 127. The van der Waals surface area contributed by atoms with E-state index >= 15 is 0 Å². The third kappa shape index (κ3) is 2.70. The Bertz CT molecular complexity index is 411. The van der Waals surface area contributed by atoms with Crippen molar-refractivity contribution in [3.8, 4) is 0 Å². The van der Waals surface area contributed by atoms with Gasteiger partial charge in [-0.3, -0.25) is 0 Å². The summed E-state index contributed by atoms with van der Waals surface area (Å²) in [4.78, 5) is 11.3. The molecule has 0 aliphatic carbocycles. The fraction of sp³-hybridized carbons (Fsp3) is 0.667. The molecule has 1 aromatic rings. The van der Waals surface area contributed by atoms with E-state index in [2.05, 4.69) is 58.2 Å². The number of hydrogen-bond donors (Lipinski definition) is 1. The molecule has 0 spiro atoms. The third-order valence-electron chi connectivity index (χ3n) is 2.91. The molecule has 1 aliphatic rings. The van der Waals surface area contributed by atoms with E-state index in [0.29, 0.717) is 5.92 Å². The first-order valence-electron chi connectivity index (χ1n) is 5.80. The second-order valence-electron chi connectivity index (χ2n) is 5.57. The zero-order chi connectivity index (χ0) is 12.6. The largest absolute Gasteiger partial charge is 0.396 e. The summed E-state index contributed by atoms with van der Waals surface area (Å²) in [6.45, 7) is 8.41. The minimum Gasteiger partial charge on any atom is -0.396 e. The number of aliphatic hydroxyl groups is 1. The Morgan fingerprint density at radius 2 is 2.12 bits per heavy atom. The Kier molecular flexibility index (Phi) is 3.58. The van der Waals surface area contributed by atoms with Gasteiger partial charge >= 0.3 is 0 Å². The molecule has 0 atom stereocenters. The van der Waals surface area contributed by atoms with Crippen LogP contribution in [0.5, 0.6) is 0 Å². The number of nitrogens with zero attached hydrogens (tertiary/aromatic N) is 3. The highest BCUT2D eigenvalue weighted by molar-refractivity contribution is 14.1. The molecule has 4 nitrogen and oxygen atoms in total. The molecule has 5 heteroatoms. The summed E-state index contributed by atoms with van der Waals surface area (Å²) in [6.07, 6.45) is 1.88. The smallest absolute Gasteiger partial charge is 0.145 e. The van der Waals surface area contributed by atoms with Gasteiger partial charge in [0.15, 0.2) is 0 Å². The van der Waals surface area contributed by atoms with Crippen LogP contribution in [0, 0.1) is 9.49 Å². The van der Waals surface area contributed by atoms with Crippen LogP contribution in [0.4, 0.5) is 5.82 Å². The summed E-state index contributed by atoms with van der Waals surface area (Å²) < 4.78 is 1.08. The van der Waals surface area contributed by atoms with Gasteiger partial charge < -0.3 is 10.0 Å². The summed E-state index contributed by atoms with van der Waals surface area (Å²) in [6, 6.07) is 0. The molecular formula is C12H18IN3O. The number of halogens is 1. The van der Waals surface area contributed by atoms with Gasteiger partial charge in [-0.05, 0) is 22.6 Å². The molecule has 0 bridgehead atoms. The van der Waals surface area contributed by atoms with Crippen LogP contribution in [0.3, 0.4) is 0 Å². The lowest BCUT2D eigenvalue weighted by Gasteiger charge is -2.40. The van der Waals surface area contributed by atoms with Gasteiger partial charge in [-0.15, -0.1) is 0 Å². The number of aliphatic hydroxyl groups excluding tert-OH is 1. The molecule has 2 heterocycles. The first kappa shape index (κ1) is 13.0.